The van der Waals surface area contributed by atoms with Crippen LogP contribution in [-0.2, 0) is 16.1 Å². The SMILES string of the molecule is COc1cc(CNC(=O)C2(N3C(=O)CC3c3ccccc3)CCN(C)CC2)cc(OC)c1OC. The van der Waals surface area contributed by atoms with Crippen LogP contribution in [0.2, 0.25) is 0 Å². The van der Waals surface area contributed by atoms with Gasteiger partial charge in [0, 0.05) is 19.6 Å². The Kier molecular flexibility index (Phi) is 6.97. The minimum Gasteiger partial charge on any atom is -0.493 e. The molecule has 34 heavy (non-hydrogen) atoms. The molecule has 0 aliphatic carbocycles. The molecule has 0 radical (unpaired) electrons. The second-order valence-electron chi connectivity index (χ2n) is 8.95. The van der Waals surface area contributed by atoms with E-state index in [-0.39, 0.29) is 24.4 Å². The van der Waals surface area contributed by atoms with Crippen molar-refractivity contribution in [3.63, 3.8) is 0 Å². The fourth-order valence-electron chi connectivity index (χ4n) is 5.05. The van der Waals surface area contributed by atoms with Gasteiger partial charge in [-0.05, 0) is 43.1 Å². The highest BCUT2D eigenvalue weighted by Crippen LogP contribution is 2.45. The number of β-lactam (4-membered cyclic amide) rings is 1. The van der Waals surface area contributed by atoms with E-state index in [2.05, 4.69) is 10.2 Å². The van der Waals surface area contributed by atoms with E-state index < -0.39 is 5.54 Å². The number of hydrogen-bond acceptors (Lipinski definition) is 6. The number of likely N-dealkylation sites (tertiary alicyclic amines) is 2. The van der Waals surface area contributed by atoms with Crippen LogP contribution in [0.15, 0.2) is 42.5 Å². The molecule has 2 heterocycles. The fraction of sp³-hybridized carbons (Fsp3) is 0.462. The van der Waals surface area contributed by atoms with Crippen LogP contribution >= 0.6 is 0 Å². The smallest absolute Gasteiger partial charge is 0.246 e. The van der Waals surface area contributed by atoms with Gasteiger partial charge in [0.15, 0.2) is 11.5 Å². The summed E-state index contributed by atoms with van der Waals surface area (Å²) >= 11 is 0. The van der Waals surface area contributed by atoms with Crippen molar-refractivity contribution in [1.82, 2.24) is 15.1 Å². The van der Waals surface area contributed by atoms with Crippen molar-refractivity contribution in [3.05, 3.63) is 53.6 Å². The van der Waals surface area contributed by atoms with E-state index in [1.807, 2.05) is 54.4 Å². The molecule has 8 heteroatoms. The molecule has 182 valence electrons. The first-order valence-corrected chi connectivity index (χ1v) is 11.6. The predicted molar refractivity (Wildman–Crippen MR) is 128 cm³/mol. The molecule has 1 unspecified atom stereocenters. The highest BCUT2D eigenvalue weighted by atomic mass is 16.5. The lowest BCUT2D eigenvalue weighted by molar-refractivity contribution is -0.169. The second kappa shape index (κ2) is 9.93. The highest BCUT2D eigenvalue weighted by molar-refractivity contribution is 5.95. The summed E-state index contributed by atoms with van der Waals surface area (Å²) in [5.41, 5.74) is 1.02. The van der Waals surface area contributed by atoms with Crippen LogP contribution in [0.25, 0.3) is 0 Å². The zero-order chi connectivity index (χ0) is 24.3. The number of nitrogens with one attached hydrogen (secondary N) is 1. The largest absolute Gasteiger partial charge is 0.493 e. The van der Waals surface area contributed by atoms with Gasteiger partial charge in [-0.15, -0.1) is 0 Å². The maximum atomic E-state index is 13.8. The zero-order valence-corrected chi connectivity index (χ0v) is 20.3. The summed E-state index contributed by atoms with van der Waals surface area (Å²) < 4.78 is 16.3. The van der Waals surface area contributed by atoms with E-state index in [4.69, 9.17) is 14.2 Å². The molecule has 2 fully saturated rings. The monoisotopic (exact) mass is 467 g/mol. The molecule has 1 N–H and O–H groups in total. The standard InChI is InChI=1S/C26H33N3O5/c1-28-12-10-26(11-13-28,29-20(16-23(29)30)19-8-6-5-7-9-19)25(31)27-17-18-14-21(32-2)24(34-4)22(15-18)33-3/h5-9,14-15,20H,10-13,16-17H2,1-4H3,(H,27,31). The molecule has 2 aliphatic rings. The molecule has 2 aromatic carbocycles. The summed E-state index contributed by atoms with van der Waals surface area (Å²) in [6.07, 6.45) is 1.63. The number of carbonyl (C=O) groups excluding carboxylic acids is 2. The number of hydrogen-bond donors (Lipinski definition) is 1. The van der Waals surface area contributed by atoms with Gasteiger partial charge in [0.2, 0.25) is 17.6 Å². The first-order chi connectivity index (χ1) is 16.4. The number of carbonyl (C=O) groups is 2. The summed E-state index contributed by atoms with van der Waals surface area (Å²) in [7, 11) is 6.72. The molecule has 2 saturated heterocycles. The summed E-state index contributed by atoms with van der Waals surface area (Å²) in [6, 6.07) is 13.5. The van der Waals surface area contributed by atoms with E-state index in [1.165, 1.54) is 0 Å². The number of benzene rings is 2. The number of nitrogens with zero attached hydrogens (tertiary/aromatic N) is 2. The number of methoxy groups -OCH3 is 3. The van der Waals surface area contributed by atoms with Crippen molar-refractivity contribution >= 4 is 11.8 Å². The van der Waals surface area contributed by atoms with Crippen LogP contribution < -0.4 is 19.5 Å². The Morgan fingerprint density at radius 3 is 2.18 bits per heavy atom. The third kappa shape index (κ3) is 4.30. The second-order valence-corrected chi connectivity index (χ2v) is 8.95. The maximum Gasteiger partial charge on any atom is 0.246 e. The highest BCUT2D eigenvalue weighted by Gasteiger charge is 2.55. The number of rotatable bonds is 8. The molecule has 0 saturated carbocycles. The van der Waals surface area contributed by atoms with Crippen molar-refractivity contribution < 1.29 is 23.8 Å². The van der Waals surface area contributed by atoms with Crippen LogP contribution in [0.5, 0.6) is 17.2 Å². The molecular formula is C26H33N3O5. The van der Waals surface area contributed by atoms with Crippen molar-refractivity contribution in [1.29, 1.82) is 0 Å². The lowest BCUT2D eigenvalue weighted by atomic mass is 9.78. The van der Waals surface area contributed by atoms with Crippen molar-refractivity contribution in [2.24, 2.45) is 0 Å². The Morgan fingerprint density at radius 1 is 1.03 bits per heavy atom. The molecule has 2 aromatic rings. The molecule has 0 aromatic heterocycles. The van der Waals surface area contributed by atoms with Crippen molar-refractivity contribution in [2.45, 2.75) is 37.4 Å². The van der Waals surface area contributed by atoms with Crippen LogP contribution in [-0.4, -0.2) is 68.6 Å². The summed E-state index contributed by atoms with van der Waals surface area (Å²) in [4.78, 5) is 30.7. The van der Waals surface area contributed by atoms with E-state index in [0.717, 1.165) is 24.2 Å². The average Bonchev–Trinajstić information content (AvgIpc) is 2.86. The fourth-order valence-corrected chi connectivity index (χ4v) is 5.05. The maximum absolute atomic E-state index is 13.8. The average molecular weight is 468 g/mol. The Bertz CT molecular complexity index is 1010. The van der Waals surface area contributed by atoms with E-state index >= 15 is 0 Å². The number of piperidine rings is 1. The Balaban J connectivity index is 1.59. The van der Waals surface area contributed by atoms with Gasteiger partial charge in [-0.2, -0.15) is 0 Å². The van der Waals surface area contributed by atoms with E-state index in [9.17, 15) is 9.59 Å². The summed E-state index contributed by atoms with van der Waals surface area (Å²) in [6.45, 7) is 1.79. The van der Waals surface area contributed by atoms with Gasteiger partial charge < -0.3 is 29.3 Å². The minimum atomic E-state index is -0.872. The van der Waals surface area contributed by atoms with Gasteiger partial charge in [0.25, 0.3) is 0 Å². The molecule has 1 atom stereocenters. The van der Waals surface area contributed by atoms with Crippen LogP contribution in [0.4, 0.5) is 0 Å². The van der Waals surface area contributed by atoms with Gasteiger partial charge in [-0.1, -0.05) is 30.3 Å². The zero-order valence-electron chi connectivity index (χ0n) is 20.3. The number of ether oxygens (including phenoxy) is 3. The lowest BCUT2D eigenvalue weighted by Crippen LogP contribution is -2.68. The van der Waals surface area contributed by atoms with Gasteiger partial charge in [0.05, 0.1) is 33.8 Å². The predicted octanol–water partition coefficient (Wildman–Crippen LogP) is 2.77. The quantitative estimate of drug-likeness (QED) is 0.602. The molecule has 2 amide bonds. The first kappa shape index (κ1) is 23.9. The van der Waals surface area contributed by atoms with Gasteiger partial charge in [0.1, 0.15) is 5.54 Å². The van der Waals surface area contributed by atoms with Crippen LogP contribution in [0.1, 0.15) is 36.4 Å². The molecule has 4 rings (SSSR count). The van der Waals surface area contributed by atoms with Gasteiger partial charge in [-0.3, -0.25) is 9.59 Å². The molecule has 0 spiro atoms. The normalized spacial score (nSPS) is 19.8. The summed E-state index contributed by atoms with van der Waals surface area (Å²) in [5.74, 6) is 1.47. The van der Waals surface area contributed by atoms with Crippen molar-refractivity contribution in [3.8, 4) is 17.2 Å². The Morgan fingerprint density at radius 2 is 1.65 bits per heavy atom. The molecule has 0 bridgehead atoms. The minimum absolute atomic E-state index is 0.0290. The Hall–Kier alpha value is -3.26. The van der Waals surface area contributed by atoms with Gasteiger partial charge in [-0.25, -0.2) is 0 Å². The van der Waals surface area contributed by atoms with Crippen LogP contribution in [0, 0.1) is 0 Å². The van der Waals surface area contributed by atoms with Crippen LogP contribution in [0.3, 0.4) is 0 Å². The first-order valence-electron chi connectivity index (χ1n) is 11.6. The summed E-state index contributed by atoms with van der Waals surface area (Å²) in [5, 5.41) is 3.10. The number of amides is 2. The lowest BCUT2D eigenvalue weighted by Gasteiger charge is -2.55. The topological polar surface area (TPSA) is 80.3 Å². The van der Waals surface area contributed by atoms with E-state index in [0.29, 0.717) is 36.5 Å². The van der Waals surface area contributed by atoms with Crippen molar-refractivity contribution in [2.75, 3.05) is 41.5 Å². The van der Waals surface area contributed by atoms with Gasteiger partial charge >= 0.3 is 0 Å². The third-order valence-corrected chi connectivity index (χ3v) is 7.01. The molecular weight excluding hydrogens is 434 g/mol. The molecule has 2 aliphatic heterocycles. The molecule has 8 nitrogen and oxygen atoms in total. The third-order valence-electron chi connectivity index (χ3n) is 7.01. The Labute approximate surface area is 200 Å². The van der Waals surface area contributed by atoms with E-state index in [1.54, 1.807) is 21.3 Å².